The van der Waals surface area contributed by atoms with E-state index in [-0.39, 0.29) is 0 Å². The lowest BCUT2D eigenvalue weighted by Gasteiger charge is -2.00. The van der Waals surface area contributed by atoms with E-state index >= 15 is 0 Å². The summed E-state index contributed by atoms with van der Waals surface area (Å²) in [5.74, 6) is 0. The van der Waals surface area contributed by atoms with Crippen LogP contribution < -0.4 is 10.7 Å². The highest BCUT2D eigenvalue weighted by Gasteiger charge is 2.06. The van der Waals surface area contributed by atoms with Gasteiger partial charge in [-0.05, 0) is 18.2 Å². The van der Waals surface area contributed by atoms with Crippen molar-refractivity contribution in [1.82, 2.24) is 4.68 Å². The molecule has 0 aliphatic carbocycles. The van der Waals surface area contributed by atoms with Crippen LogP contribution in [0, 0.1) is 0 Å². The minimum Gasteiger partial charge on any atom is -0.254 e. The van der Waals surface area contributed by atoms with Gasteiger partial charge in [-0.3, -0.25) is 4.99 Å². The Morgan fingerprint density at radius 3 is 2.58 bits per heavy atom. The summed E-state index contributed by atoms with van der Waals surface area (Å²) in [5.41, 5.74) is 1.06. The second-order valence-corrected chi connectivity index (χ2v) is 4.48. The number of benzene rings is 2. The maximum Gasteiger partial charge on any atom is 0.110 e. The molecule has 0 atom stereocenters. The lowest BCUT2D eigenvalue weighted by molar-refractivity contribution is 0.830. The van der Waals surface area contributed by atoms with E-state index in [0.717, 1.165) is 16.4 Å². The van der Waals surface area contributed by atoms with Crippen LogP contribution in [0.1, 0.15) is 5.69 Å². The molecule has 0 saturated heterocycles. The fourth-order valence-electron chi connectivity index (χ4n) is 2.38. The molecule has 4 rings (SSSR count). The van der Waals surface area contributed by atoms with Crippen LogP contribution in [0.3, 0.4) is 0 Å². The number of nitrogens with zero attached hydrogens (tertiary/aromatic N) is 3. The van der Waals surface area contributed by atoms with Gasteiger partial charge in [-0.25, -0.2) is 4.68 Å². The van der Waals surface area contributed by atoms with Crippen molar-refractivity contribution in [2.75, 3.05) is 0 Å². The van der Waals surface area contributed by atoms with E-state index in [1.165, 1.54) is 10.8 Å². The van der Waals surface area contributed by atoms with E-state index in [1.54, 1.807) is 0 Å². The van der Waals surface area contributed by atoms with Gasteiger partial charge in [0.05, 0.1) is 11.1 Å². The molecule has 1 aliphatic rings. The lowest BCUT2D eigenvalue weighted by atomic mass is 10.2. The Hall–Kier alpha value is -2.68. The van der Waals surface area contributed by atoms with Gasteiger partial charge in [0.25, 0.3) is 0 Å². The number of hydrogen-bond donors (Lipinski definition) is 0. The average Bonchev–Trinajstić information content (AvgIpc) is 2.76. The standard InChI is InChI=1S/C16H11N3/c1-2-6-13-12(5-1)11-19-16(13)9-10-17-14-7-3-4-8-15(14)18-19/h1-11H/b10-9-,17-14-,18-15-. The van der Waals surface area contributed by atoms with Gasteiger partial charge in [0.1, 0.15) is 5.36 Å². The molecule has 0 bridgehead atoms. The number of para-hydroxylation sites is 1. The largest absolute Gasteiger partial charge is 0.254 e. The predicted octanol–water partition coefficient (Wildman–Crippen LogP) is 2.33. The van der Waals surface area contributed by atoms with E-state index in [2.05, 4.69) is 28.4 Å². The molecular formula is C16H11N3. The van der Waals surface area contributed by atoms with Crippen LogP contribution in [0.2, 0.25) is 0 Å². The summed E-state index contributed by atoms with van der Waals surface area (Å²) in [7, 11) is 0. The van der Waals surface area contributed by atoms with Crippen LogP contribution in [0.4, 0.5) is 0 Å². The lowest BCUT2D eigenvalue weighted by Crippen LogP contribution is -2.26. The van der Waals surface area contributed by atoms with Crippen molar-refractivity contribution in [3.63, 3.8) is 0 Å². The summed E-state index contributed by atoms with van der Waals surface area (Å²) in [6, 6.07) is 16.2. The summed E-state index contributed by atoms with van der Waals surface area (Å²) in [4.78, 5) is 4.44. The Balaban J connectivity index is 2.14. The summed E-state index contributed by atoms with van der Waals surface area (Å²) >= 11 is 0. The zero-order valence-electron chi connectivity index (χ0n) is 10.2. The van der Waals surface area contributed by atoms with Crippen LogP contribution in [0.15, 0.2) is 71.0 Å². The van der Waals surface area contributed by atoms with Crippen molar-refractivity contribution in [3.8, 4) is 0 Å². The molecule has 19 heavy (non-hydrogen) atoms. The Morgan fingerprint density at radius 1 is 0.842 bits per heavy atom. The van der Waals surface area contributed by atoms with Gasteiger partial charge < -0.3 is 0 Å². The van der Waals surface area contributed by atoms with E-state index in [0.29, 0.717) is 0 Å². The molecule has 3 aromatic rings. The molecule has 0 spiro atoms. The van der Waals surface area contributed by atoms with Gasteiger partial charge >= 0.3 is 0 Å². The van der Waals surface area contributed by atoms with Crippen LogP contribution in [0.5, 0.6) is 0 Å². The van der Waals surface area contributed by atoms with Crippen molar-refractivity contribution in [2.45, 2.75) is 0 Å². The maximum atomic E-state index is 4.67. The summed E-state index contributed by atoms with van der Waals surface area (Å²) in [6.45, 7) is 0. The summed E-state index contributed by atoms with van der Waals surface area (Å²) in [5, 5.41) is 8.82. The Morgan fingerprint density at radius 2 is 1.63 bits per heavy atom. The van der Waals surface area contributed by atoms with Gasteiger partial charge in [-0.15, -0.1) is 0 Å². The molecule has 3 heteroatoms. The van der Waals surface area contributed by atoms with Crippen LogP contribution in [-0.2, 0) is 0 Å². The molecule has 1 aromatic heterocycles. The van der Waals surface area contributed by atoms with Crippen LogP contribution in [-0.4, -0.2) is 4.68 Å². The number of hydrogen-bond acceptors (Lipinski definition) is 2. The van der Waals surface area contributed by atoms with Gasteiger partial charge in [0.15, 0.2) is 0 Å². The molecule has 0 N–H and O–H groups in total. The molecule has 3 nitrogen and oxygen atoms in total. The van der Waals surface area contributed by atoms with Crippen LogP contribution in [0.25, 0.3) is 16.8 Å². The predicted molar refractivity (Wildman–Crippen MR) is 75.1 cm³/mol. The van der Waals surface area contributed by atoms with Crippen molar-refractivity contribution < 1.29 is 0 Å². The Kier molecular flexibility index (Phi) is 2.12. The molecule has 2 aromatic carbocycles. The van der Waals surface area contributed by atoms with Gasteiger partial charge in [-0.2, -0.15) is 5.10 Å². The van der Waals surface area contributed by atoms with E-state index in [1.807, 2.05) is 53.4 Å². The van der Waals surface area contributed by atoms with Gasteiger partial charge in [-0.1, -0.05) is 36.4 Å². The zero-order valence-corrected chi connectivity index (χ0v) is 10.2. The molecule has 90 valence electrons. The molecule has 0 amide bonds. The van der Waals surface area contributed by atoms with Crippen LogP contribution >= 0.6 is 0 Å². The first-order valence-corrected chi connectivity index (χ1v) is 6.20. The van der Waals surface area contributed by atoms with Crippen molar-refractivity contribution in [3.05, 3.63) is 77.3 Å². The molecule has 2 heterocycles. The summed E-state index contributed by atoms with van der Waals surface area (Å²) in [6.07, 6.45) is 5.89. The van der Waals surface area contributed by atoms with Crippen molar-refractivity contribution in [2.24, 2.45) is 10.1 Å². The number of fused-ring (bicyclic) bond motifs is 4. The minimum absolute atomic E-state index is 0.883. The molecule has 0 saturated carbocycles. The number of aromatic nitrogens is 1. The molecule has 0 fully saturated rings. The van der Waals surface area contributed by atoms with Gasteiger partial charge in [0, 0.05) is 23.2 Å². The highest BCUT2D eigenvalue weighted by atomic mass is 15.3. The average molecular weight is 245 g/mol. The third-order valence-electron chi connectivity index (χ3n) is 3.29. The quantitative estimate of drug-likeness (QED) is 0.582. The molecule has 0 radical (unpaired) electrons. The first-order chi connectivity index (χ1) is 9.42. The van der Waals surface area contributed by atoms with Crippen molar-refractivity contribution in [1.29, 1.82) is 0 Å². The maximum absolute atomic E-state index is 4.67. The molecule has 1 aliphatic heterocycles. The Bertz CT molecular complexity index is 917. The monoisotopic (exact) mass is 245 g/mol. The third kappa shape index (κ3) is 1.59. The molecule has 0 unspecified atom stereocenters. The van der Waals surface area contributed by atoms with E-state index in [9.17, 15) is 0 Å². The van der Waals surface area contributed by atoms with Crippen molar-refractivity contribution >= 4 is 16.8 Å². The summed E-state index contributed by atoms with van der Waals surface area (Å²) < 4.78 is 1.93. The molecular weight excluding hydrogens is 234 g/mol. The zero-order chi connectivity index (χ0) is 12.7. The number of rotatable bonds is 0. The smallest absolute Gasteiger partial charge is 0.110 e. The fraction of sp³-hybridized carbons (Fsp3) is 0. The first-order valence-electron chi connectivity index (χ1n) is 6.20. The second kappa shape index (κ2) is 3.92. The topological polar surface area (TPSA) is 29.6 Å². The highest BCUT2D eigenvalue weighted by molar-refractivity contribution is 5.90. The van der Waals surface area contributed by atoms with Gasteiger partial charge in [0.2, 0.25) is 0 Å². The second-order valence-electron chi connectivity index (χ2n) is 4.48. The fourth-order valence-corrected chi connectivity index (χ4v) is 2.38. The first kappa shape index (κ1) is 10.3. The highest BCUT2D eigenvalue weighted by Crippen LogP contribution is 2.22. The minimum atomic E-state index is 0.883. The Labute approximate surface area is 109 Å². The van der Waals surface area contributed by atoms with E-state index in [4.69, 9.17) is 0 Å². The third-order valence-corrected chi connectivity index (χ3v) is 3.29. The normalized spacial score (nSPS) is 18.1. The van der Waals surface area contributed by atoms with E-state index < -0.39 is 0 Å². The SMILES string of the molecule is C1=C\c2c3ccccc3cn2/N=c2/cccc/c2=N/1.